The van der Waals surface area contributed by atoms with E-state index >= 15 is 0 Å². The summed E-state index contributed by atoms with van der Waals surface area (Å²) in [7, 11) is 0. The normalized spacial score (nSPS) is 18.0. The predicted molar refractivity (Wildman–Crippen MR) is 88.7 cm³/mol. The number of piperidine rings is 1. The lowest BCUT2D eigenvalue weighted by molar-refractivity contribution is -0.120. The molecule has 0 bridgehead atoms. The standard InChI is InChI=1S/C15H21ClN2O2.ClH/c1-10(2)20-14-12(16)6-3-7-13(14)18-15(19)11-5-4-8-17-9-11;/h3,6-7,10-11,17H,4-5,8-9H2,1-2H3,(H,18,19);1H. The highest BCUT2D eigenvalue weighted by molar-refractivity contribution is 6.32. The fourth-order valence-corrected chi connectivity index (χ4v) is 2.49. The first-order chi connectivity index (χ1) is 9.58. The second-order valence-corrected chi connectivity index (χ2v) is 5.72. The van der Waals surface area contributed by atoms with Crippen LogP contribution in [0.5, 0.6) is 5.75 Å². The average molecular weight is 333 g/mol. The zero-order valence-electron chi connectivity index (χ0n) is 12.3. The first-order valence-corrected chi connectivity index (χ1v) is 7.42. The van der Waals surface area contributed by atoms with E-state index < -0.39 is 0 Å². The minimum absolute atomic E-state index is 0. The lowest BCUT2D eigenvalue weighted by Crippen LogP contribution is -2.37. The van der Waals surface area contributed by atoms with Crippen LogP contribution in [0.1, 0.15) is 26.7 Å². The summed E-state index contributed by atoms with van der Waals surface area (Å²) in [6.07, 6.45) is 1.95. The summed E-state index contributed by atoms with van der Waals surface area (Å²) in [6, 6.07) is 5.39. The van der Waals surface area contributed by atoms with Crippen LogP contribution < -0.4 is 15.4 Å². The van der Waals surface area contributed by atoms with E-state index in [1.54, 1.807) is 6.07 Å². The third-order valence-corrected chi connectivity index (χ3v) is 3.54. The Morgan fingerprint density at radius 3 is 2.86 bits per heavy atom. The van der Waals surface area contributed by atoms with E-state index in [1.807, 2.05) is 26.0 Å². The molecule has 118 valence electrons. The van der Waals surface area contributed by atoms with Gasteiger partial charge in [-0.2, -0.15) is 0 Å². The topological polar surface area (TPSA) is 50.4 Å². The Morgan fingerprint density at radius 1 is 1.48 bits per heavy atom. The van der Waals surface area contributed by atoms with E-state index in [4.69, 9.17) is 16.3 Å². The van der Waals surface area contributed by atoms with Crippen molar-refractivity contribution in [3.05, 3.63) is 23.2 Å². The SMILES string of the molecule is CC(C)Oc1c(Cl)cccc1NC(=O)C1CCCNC1.Cl. The van der Waals surface area contributed by atoms with Gasteiger partial charge in [-0.1, -0.05) is 17.7 Å². The summed E-state index contributed by atoms with van der Waals surface area (Å²) < 4.78 is 5.70. The van der Waals surface area contributed by atoms with Crippen LogP contribution in [-0.2, 0) is 4.79 Å². The number of halogens is 2. The summed E-state index contributed by atoms with van der Waals surface area (Å²) >= 11 is 6.15. The van der Waals surface area contributed by atoms with Gasteiger partial charge in [-0.05, 0) is 45.4 Å². The van der Waals surface area contributed by atoms with Crippen molar-refractivity contribution in [2.24, 2.45) is 5.92 Å². The van der Waals surface area contributed by atoms with Crippen molar-refractivity contribution in [3.8, 4) is 5.75 Å². The van der Waals surface area contributed by atoms with Crippen LogP contribution in [0.3, 0.4) is 0 Å². The van der Waals surface area contributed by atoms with Crippen molar-refractivity contribution < 1.29 is 9.53 Å². The van der Waals surface area contributed by atoms with E-state index in [0.717, 1.165) is 25.9 Å². The molecule has 1 aliphatic rings. The lowest BCUT2D eigenvalue weighted by Gasteiger charge is -2.23. The number of hydrogen-bond donors (Lipinski definition) is 2. The Bertz CT molecular complexity index is 475. The van der Waals surface area contributed by atoms with E-state index in [2.05, 4.69) is 10.6 Å². The minimum Gasteiger partial charge on any atom is -0.487 e. The van der Waals surface area contributed by atoms with E-state index in [0.29, 0.717) is 16.5 Å². The molecule has 0 spiro atoms. The van der Waals surface area contributed by atoms with E-state index in [-0.39, 0.29) is 30.3 Å². The Kier molecular flexibility index (Phi) is 7.29. The lowest BCUT2D eigenvalue weighted by atomic mass is 9.99. The van der Waals surface area contributed by atoms with Gasteiger partial charge < -0.3 is 15.4 Å². The van der Waals surface area contributed by atoms with Gasteiger partial charge in [0.2, 0.25) is 5.91 Å². The maximum Gasteiger partial charge on any atom is 0.228 e. The number of amides is 1. The molecule has 1 heterocycles. The molecule has 1 aliphatic heterocycles. The number of nitrogens with one attached hydrogen (secondary N) is 2. The fourth-order valence-electron chi connectivity index (χ4n) is 2.27. The van der Waals surface area contributed by atoms with Gasteiger partial charge in [-0.3, -0.25) is 4.79 Å². The van der Waals surface area contributed by atoms with Crippen LogP contribution in [0.2, 0.25) is 5.02 Å². The van der Waals surface area contributed by atoms with Crippen LogP contribution >= 0.6 is 24.0 Å². The molecule has 1 saturated heterocycles. The number of carbonyl (C=O) groups is 1. The Balaban J connectivity index is 0.00000220. The monoisotopic (exact) mass is 332 g/mol. The zero-order valence-corrected chi connectivity index (χ0v) is 13.9. The number of para-hydroxylation sites is 1. The van der Waals surface area contributed by atoms with Crippen molar-refractivity contribution in [1.29, 1.82) is 0 Å². The fraction of sp³-hybridized carbons (Fsp3) is 0.533. The van der Waals surface area contributed by atoms with E-state index in [1.165, 1.54) is 0 Å². The van der Waals surface area contributed by atoms with Gasteiger partial charge in [0, 0.05) is 6.54 Å². The molecule has 1 aromatic carbocycles. The van der Waals surface area contributed by atoms with Crippen LogP contribution in [0.15, 0.2) is 18.2 Å². The molecule has 0 radical (unpaired) electrons. The smallest absolute Gasteiger partial charge is 0.228 e. The molecule has 1 fully saturated rings. The van der Waals surface area contributed by atoms with Crippen LogP contribution in [0, 0.1) is 5.92 Å². The molecule has 0 aliphatic carbocycles. The highest BCUT2D eigenvalue weighted by atomic mass is 35.5. The number of hydrogen-bond acceptors (Lipinski definition) is 3. The van der Waals surface area contributed by atoms with Gasteiger partial charge in [-0.25, -0.2) is 0 Å². The average Bonchev–Trinajstić information content (AvgIpc) is 2.43. The summed E-state index contributed by atoms with van der Waals surface area (Å²) in [5.41, 5.74) is 0.641. The van der Waals surface area contributed by atoms with Gasteiger partial charge in [0.15, 0.2) is 5.75 Å². The van der Waals surface area contributed by atoms with Gasteiger partial charge in [0.25, 0.3) is 0 Å². The molecular weight excluding hydrogens is 311 g/mol. The third-order valence-electron chi connectivity index (χ3n) is 3.25. The van der Waals surface area contributed by atoms with Crippen molar-refractivity contribution in [2.75, 3.05) is 18.4 Å². The van der Waals surface area contributed by atoms with Crippen LogP contribution in [0.25, 0.3) is 0 Å². The summed E-state index contributed by atoms with van der Waals surface area (Å²) in [5.74, 6) is 0.573. The minimum atomic E-state index is 0. The molecule has 1 amide bonds. The molecule has 2 N–H and O–H groups in total. The molecule has 4 nitrogen and oxygen atoms in total. The number of carbonyl (C=O) groups excluding carboxylic acids is 1. The number of ether oxygens (including phenoxy) is 1. The molecular formula is C15H22Cl2N2O2. The van der Waals surface area contributed by atoms with Gasteiger partial charge in [-0.15, -0.1) is 12.4 Å². The molecule has 1 aromatic rings. The molecule has 0 aromatic heterocycles. The predicted octanol–water partition coefficient (Wildman–Crippen LogP) is 3.49. The first kappa shape index (κ1) is 18.1. The number of rotatable bonds is 4. The Labute approximate surface area is 137 Å². The summed E-state index contributed by atoms with van der Waals surface area (Å²) in [5, 5.41) is 6.69. The molecule has 0 saturated carbocycles. The maximum absolute atomic E-state index is 12.3. The Hall–Kier alpha value is -0.970. The van der Waals surface area contributed by atoms with Crippen molar-refractivity contribution in [3.63, 3.8) is 0 Å². The third kappa shape index (κ3) is 5.06. The quantitative estimate of drug-likeness (QED) is 0.887. The molecule has 1 unspecified atom stereocenters. The second kappa shape index (κ2) is 8.47. The largest absolute Gasteiger partial charge is 0.487 e. The molecule has 21 heavy (non-hydrogen) atoms. The van der Waals surface area contributed by atoms with E-state index in [9.17, 15) is 4.79 Å². The summed E-state index contributed by atoms with van der Waals surface area (Å²) in [6.45, 7) is 5.58. The van der Waals surface area contributed by atoms with Crippen LogP contribution in [0.4, 0.5) is 5.69 Å². The number of anilines is 1. The highest BCUT2D eigenvalue weighted by Crippen LogP contribution is 2.34. The maximum atomic E-state index is 12.3. The van der Waals surface area contributed by atoms with Crippen LogP contribution in [-0.4, -0.2) is 25.1 Å². The Morgan fingerprint density at radius 2 is 2.24 bits per heavy atom. The summed E-state index contributed by atoms with van der Waals surface area (Å²) in [4.78, 5) is 12.3. The molecule has 2 rings (SSSR count). The van der Waals surface area contributed by atoms with Crippen molar-refractivity contribution in [2.45, 2.75) is 32.8 Å². The second-order valence-electron chi connectivity index (χ2n) is 5.32. The first-order valence-electron chi connectivity index (χ1n) is 7.04. The van der Waals surface area contributed by atoms with Gasteiger partial charge in [0.05, 0.1) is 22.7 Å². The van der Waals surface area contributed by atoms with Gasteiger partial charge >= 0.3 is 0 Å². The van der Waals surface area contributed by atoms with Crippen molar-refractivity contribution in [1.82, 2.24) is 5.32 Å². The van der Waals surface area contributed by atoms with Gasteiger partial charge in [0.1, 0.15) is 0 Å². The molecule has 6 heteroatoms. The zero-order chi connectivity index (χ0) is 14.5. The molecule has 1 atom stereocenters. The number of benzene rings is 1. The van der Waals surface area contributed by atoms with Crippen molar-refractivity contribution >= 4 is 35.6 Å². The highest BCUT2D eigenvalue weighted by Gasteiger charge is 2.22.